The number of anilines is 1. The Kier molecular flexibility index (Phi) is 5.98. The lowest BCUT2D eigenvalue weighted by Gasteiger charge is -2.28. The summed E-state index contributed by atoms with van der Waals surface area (Å²) in [6.07, 6.45) is 6.21. The Morgan fingerprint density at radius 2 is 2.00 bits per heavy atom. The van der Waals surface area contributed by atoms with E-state index in [-0.39, 0.29) is 0 Å². The van der Waals surface area contributed by atoms with Crippen molar-refractivity contribution in [2.75, 3.05) is 18.0 Å². The Labute approximate surface area is 105 Å². The fourth-order valence-electron chi connectivity index (χ4n) is 2.13. The van der Waals surface area contributed by atoms with E-state index in [0.717, 1.165) is 19.0 Å². The van der Waals surface area contributed by atoms with E-state index in [1.165, 1.54) is 24.1 Å². The van der Waals surface area contributed by atoms with Crippen LogP contribution in [0.3, 0.4) is 0 Å². The van der Waals surface area contributed by atoms with E-state index in [4.69, 9.17) is 5.73 Å². The first-order valence-corrected chi connectivity index (χ1v) is 6.64. The smallest absolute Gasteiger partial charge is 0.0598 e. The standard InChI is InChI=1S/C14H25N3/c1-4-12(5-2)11-17(6-3)14-10-16-8-7-13(14)9-15/h7-8,10,12H,4-6,9,11,15H2,1-3H3. The molecule has 0 saturated heterocycles. The maximum atomic E-state index is 5.78. The third-order valence-electron chi connectivity index (χ3n) is 3.46. The minimum Gasteiger partial charge on any atom is -0.370 e. The fourth-order valence-corrected chi connectivity index (χ4v) is 2.13. The zero-order valence-electron chi connectivity index (χ0n) is 11.3. The van der Waals surface area contributed by atoms with Crippen molar-refractivity contribution in [3.63, 3.8) is 0 Å². The highest BCUT2D eigenvalue weighted by Crippen LogP contribution is 2.21. The Balaban J connectivity index is 2.85. The minimum atomic E-state index is 0.581. The molecule has 1 aromatic rings. The zero-order valence-corrected chi connectivity index (χ0v) is 11.3. The number of hydrogen-bond acceptors (Lipinski definition) is 3. The molecule has 3 heteroatoms. The molecule has 0 aliphatic carbocycles. The van der Waals surface area contributed by atoms with E-state index in [1.807, 2.05) is 18.5 Å². The Morgan fingerprint density at radius 3 is 2.53 bits per heavy atom. The van der Waals surface area contributed by atoms with Crippen molar-refractivity contribution in [3.05, 3.63) is 24.0 Å². The molecule has 0 spiro atoms. The van der Waals surface area contributed by atoms with Gasteiger partial charge in [0.2, 0.25) is 0 Å². The van der Waals surface area contributed by atoms with Crippen molar-refractivity contribution in [1.29, 1.82) is 0 Å². The molecule has 1 aromatic heterocycles. The van der Waals surface area contributed by atoms with Crippen LogP contribution in [0.4, 0.5) is 5.69 Å². The molecule has 0 bridgehead atoms. The normalized spacial score (nSPS) is 10.9. The monoisotopic (exact) mass is 235 g/mol. The second kappa shape index (κ2) is 7.28. The highest BCUT2D eigenvalue weighted by Gasteiger charge is 2.13. The SMILES string of the molecule is CCC(CC)CN(CC)c1cnccc1CN. The van der Waals surface area contributed by atoms with Crippen molar-refractivity contribution in [1.82, 2.24) is 4.98 Å². The lowest BCUT2D eigenvalue weighted by Crippen LogP contribution is -2.30. The maximum absolute atomic E-state index is 5.78. The Morgan fingerprint density at radius 1 is 1.29 bits per heavy atom. The highest BCUT2D eigenvalue weighted by molar-refractivity contribution is 5.51. The quantitative estimate of drug-likeness (QED) is 0.790. The average molecular weight is 235 g/mol. The summed E-state index contributed by atoms with van der Waals surface area (Å²) in [7, 11) is 0. The molecule has 0 aliphatic rings. The number of pyridine rings is 1. The molecule has 17 heavy (non-hydrogen) atoms. The van der Waals surface area contributed by atoms with Gasteiger partial charge >= 0.3 is 0 Å². The average Bonchev–Trinajstić information content (AvgIpc) is 2.40. The summed E-state index contributed by atoms with van der Waals surface area (Å²) >= 11 is 0. The van der Waals surface area contributed by atoms with Crippen molar-refractivity contribution in [2.24, 2.45) is 11.7 Å². The van der Waals surface area contributed by atoms with Gasteiger partial charge in [0.05, 0.1) is 11.9 Å². The summed E-state index contributed by atoms with van der Waals surface area (Å²) in [5.74, 6) is 0.751. The van der Waals surface area contributed by atoms with Crippen molar-refractivity contribution >= 4 is 5.69 Å². The van der Waals surface area contributed by atoms with Gasteiger partial charge in [-0.25, -0.2) is 0 Å². The van der Waals surface area contributed by atoms with E-state index in [2.05, 4.69) is 30.7 Å². The van der Waals surface area contributed by atoms with Crippen LogP contribution >= 0.6 is 0 Å². The maximum Gasteiger partial charge on any atom is 0.0598 e. The summed E-state index contributed by atoms with van der Waals surface area (Å²) in [4.78, 5) is 6.62. The van der Waals surface area contributed by atoms with Gasteiger partial charge in [-0.3, -0.25) is 4.98 Å². The Hall–Kier alpha value is -1.09. The molecule has 0 radical (unpaired) electrons. The molecule has 0 aliphatic heterocycles. The topological polar surface area (TPSA) is 42.2 Å². The molecule has 0 amide bonds. The number of rotatable bonds is 7. The van der Waals surface area contributed by atoms with Crippen LogP contribution in [0.15, 0.2) is 18.5 Å². The summed E-state index contributed by atoms with van der Waals surface area (Å²) < 4.78 is 0. The predicted molar refractivity (Wildman–Crippen MR) is 74.1 cm³/mol. The molecule has 0 saturated carbocycles. The van der Waals surface area contributed by atoms with Crippen molar-refractivity contribution < 1.29 is 0 Å². The van der Waals surface area contributed by atoms with Crippen LogP contribution in [-0.4, -0.2) is 18.1 Å². The molecular formula is C14H25N3. The zero-order chi connectivity index (χ0) is 12.7. The van der Waals surface area contributed by atoms with E-state index in [1.54, 1.807) is 0 Å². The molecule has 3 nitrogen and oxygen atoms in total. The summed E-state index contributed by atoms with van der Waals surface area (Å²) in [5, 5.41) is 0. The van der Waals surface area contributed by atoms with Crippen LogP contribution in [0, 0.1) is 5.92 Å². The lowest BCUT2D eigenvalue weighted by molar-refractivity contribution is 0.485. The van der Waals surface area contributed by atoms with Gasteiger partial charge in [-0.1, -0.05) is 26.7 Å². The van der Waals surface area contributed by atoms with Crippen molar-refractivity contribution in [2.45, 2.75) is 40.2 Å². The second-order valence-corrected chi connectivity index (χ2v) is 4.43. The fraction of sp³-hybridized carbons (Fsp3) is 0.643. The van der Waals surface area contributed by atoms with E-state index in [9.17, 15) is 0 Å². The van der Waals surface area contributed by atoms with Crippen LogP contribution < -0.4 is 10.6 Å². The highest BCUT2D eigenvalue weighted by atomic mass is 15.1. The Bertz CT molecular complexity index is 321. The summed E-state index contributed by atoms with van der Waals surface area (Å²) in [6, 6.07) is 2.02. The number of nitrogens with two attached hydrogens (primary N) is 1. The molecule has 0 aromatic carbocycles. The number of nitrogens with zero attached hydrogens (tertiary/aromatic N) is 2. The molecular weight excluding hydrogens is 210 g/mol. The predicted octanol–water partition coefficient (Wildman–Crippen LogP) is 2.80. The molecule has 1 rings (SSSR count). The van der Waals surface area contributed by atoms with Crippen LogP contribution in [0.1, 0.15) is 39.2 Å². The molecule has 1 heterocycles. The van der Waals surface area contributed by atoms with Gasteiger partial charge in [-0.2, -0.15) is 0 Å². The van der Waals surface area contributed by atoms with Crippen LogP contribution in [-0.2, 0) is 6.54 Å². The van der Waals surface area contributed by atoms with Gasteiger partial charge in [0, 0.05) is 25.8 Å². The van der Waals surface area contributed by atoms with Crippen LogP contribution in [0.5, 0.6) is 0 Å². The van der Waals surface area contributed by atoms with Gasteiger partial charge in [0.15, 0.2) is 0 Å². The first-order valence-electron chi connectivity index (χ1n) is 6.64. The first kappa shape index (κ1) is 14.0. The van der Waals surface area contributed by atoms with Gasteiger partial charge in [-0.15, -0.1) is 0 Å². The van der Waals surface area contributed by atoms with Gasteiger partial charge in [0.1, 0.15) is 0 Å². The third kappa shape index (κ3) is 3.70. The molecule has 0 unspecified atom stereocenters. The van der Waals surface area contributed by atoms with Crippen LogP contribution in [0.2, 0.25) is 0 Å². The number of aromatic nitrogens is 1. The van der Waals surface area contributed by atoms with Crippen molar-refractivity contribution in [3.8, 4) is 0 Å². The molecule has 2 N–H and O–H groups in total. The van der Waals surface area contributed by atoms with E-state index >= 15 is 0 Å². The third-order valence-corrected chi connectivity index (χ3v) is 3.46. The minimum absolute atomic E-state index is 0.581. The van der Waals surface area contributed by atoms with E-state index < -0.39 is 0 Å². The molecule has 0 fully saturated rings. The summed E-state index contributed by atoms with van der Waals surface area (Å²) in [6.45, 7) is 9.40. The lowest BCUT2D eigenvalue weighted by atomic mass is 10.0. The summed E-state index contributed by atoms with van der Waals surface area (Å²) in [5.41, 5.74) is 8.17. The first-order chi connectivity index (χ1) is 8.26. The molecule has 96 valence electrons. The number of hydrogen-bond donors (Lipinski definition) is 1. The van der Waals surface area contributed by atoms with Crippen LogP contribution in [0.25, 0.3) is 0 Å². The second-order valence-electron chi connectivity index (χ2n) is 4.43. The van der Waals surface area contributed by atoms with E-state index in [0.29, 0.717) is 6.54 Å². The largest absolute Gasteiger partial charge is 0.370 e. The van der Waals surface area contributed by atoms with Gasteiger partial charge in [-0.05, 0) is 24.5 Å². The van der Waals surface area contributed by atoms with Gasteiger partial charge < -0.3 is 10.6 Å². The molecule has 0 atom stereocenters. The van der Waals surface area contributed by atoms with Gasteiger partial charge in [0.25, 0.3) is 0 Å².